The van der Waals surface area contributed by atoms with Crippen molar-refractivity contribution in [2.24, 2.45) is 0 Å². The van der Waals surface area contributed by atoms with E-state index in [0.717, 1.165) is 37.0 Å². The summed E-state index contributed by atoms with van der Waals surface area (Å²) in [6, 6.07) is 11.4. The van der Waals surface area contributed by atoms with E-state index in [2.05, 4.69) is 0 Å². The molecule has 1 saturated heterocycles. The second-order valence-corrected chi connectivity index (χ2v) is 5.73. The van der Waals surface area contributed by atoms with Crippen LogP contribution in [0.4, 0.5) is 0 Å². The largest absolute Gasteiger partial charge is 0.341 e. The molecule has 1 aromatic carbocycles. The van der Waals surface area contributed by atoms with Crippen molar-refractivity contribution in [1.29, 1.82) is 0 Å². The zero-order valence-corrected chi connectivity index (χ0v) is 12.2. The van der Waals surface area contributed by atoms with Gasteiger partial charge in [-0.15, -0.1) is 0 Å². The molecule has 1 aliphatic heterocycles. The molecular formula is C17H17N3O2. The first-order chi connectivity index (χ1) is 10.8. The van der Waals surface area contributed by atoms with Gasteiger partial charge in [0.05, 0.1) is 11.0 Å². The zero-order valence-electron chi connectivity index (χ0n) is 12.2. The zero-order chi connectivity index (χ0) is 15.1. The van der Waals surface area contributed by atoms with Gasteiger partial charge in [-0.2, -0.15) is 0 Å². The summed E-state index contributed by atoms with van der Waals surface area (Å²) in [7, 11) is 0. The van der Waals surface area contributed by atoms with Crippen molar-refractivity contribution in [2.45, 2.75) is 19.4 Å². The van der Waals surface area contributed by atoms with Gasteiger partial charge >= 0.3 is 0 Å². The van der Waals surface area contributed by atoms with Crippen molar-refractivity contribution in [3.8, 4) is 0 Å². The van der Waals surface area contributed by atoms with Gasteiger partial charge in [-0.05, 0) is 37.1 Å². The van der Waals surface area contributed by atoms with E-state index in [-0.39, 0.29) is 18.0 Å². The maximum Gasteiger partial charge on any atom is 0.275 e. The quantitative estimate of drug-likeness (QED) is 0.724. The van der Waals surface area contributed by atoms with Crippen LogP contribution in [0.5, 0.6) is 0 Å². The van der Waals surface area contributed by atoms with E-state index < -0.39 is 0 Å². The second kappa shape index (κ2) is 5.02. The van der Waals surface area contributed by atoms with Crippen molar-refractivity contribution in [3.63, 3.8) is 0 Å². The molecule has 0 saturated carbocycles. The van der Waals surface area contributed by atoms with E-state index in [9.17, 15) is 9.59 Å². The lowest BCUT2D eigenvalue weighted by molar-refractivity contribution is -0.130. The van der Waals surface area contributed by atoms with E-state index in [4.69, 9.17) is 0 Å². The molecule has 0 unspecified atom stereocenters. The van der Waals surface area contributed by atoms with Crippen LogP contribution < -0.4 is 5.56 Å². The van der Waals surface area contributed by atoms with Crippen molar-refractivity contribution in [3.05, 3.63) is 52.9 Å². The Bertz CT molecular complexity index is 916. The highest BCUT2D eigenvalue weighted by Crippen LogP contribution is 2.16. The monoisotopic (exact) mass is 295 g/mol. The molecule has 3 heterocycles. The normalized spacial score (nSPS) is 15.0. The predicted molar refractivity (Wildman–Crippen MR) is 85.0 cm³/mol. The Balaban J connectivity index is 1.89. The summed E-state index contributed by atoms with van der Waals surface area (Å²) < 4.78 is 3.49. The van der Waals surface area contributed by atoms with Gasteiger partial charge < -0.3 is 9.30 Å². The lowest BCUT2D eigenvalue weighted by Crippen LogP contribution is -2.35. The SMILES string of the molecule is O=C(Cn1c(=O)c2cccn2c2ccccc21)N1CCCC1. The molecule has 1 fully saturated rings. The van der Waals surface area contributed by atoms with Crippen LogP contribution in [0.15, 0.2) is 47.4 Å². The topological polar surface area (TPSA) is 46.7 Å². The Morgan fingerprint density at radius 2 is 1.64 bits per heavy atom. The molecule has 22 heavy (non-hydrogen) atoms. The minimum atomic E-state index is -0.115. The maximum atomic E-state index is 12.7. The van der Waals surface area contributed by atoms with Gasteiger partial charge in [-0.25, -0.2) is 0 Å². The van der Waals surface area contributed by atoms with Gasteiger partial charge in [0.2, 0.25) is 5.91 Å². The van der Waals surface area contributed by atoms with Crippen molar-refractivity contribution < 1.29 is 4.79 Å². The van der Waals surface area contributed by atoms with Gasteiger partial charge in [0, 0.05) is 19.3 Å². The van der Waals surface area contributed by atoms with E-state index >= 15 is 0 Å². The molecule has 0 spiro atoms. The van der Waals surface area contributed by atoms with Gasteiger partial charge in [0.25, 0.3) is 5.56 Å². The first kappa shape index (κ1) is 13.1. The van der Waals surface area contributed by atoms with Crippen LogP contribution in [0.25, 0.3) is 16.6 Å². The molecule has 1 amide bonds. The Hall–Kier alpha value is -2.56. The summed E-state index contributed by atoms with van der Waals surface area (Å²) in [5.74, 6) is 0.0284. The second-order valence-electron chi connectivity index (χ2n) is 5.73. The van der Waals surface area contributed by atoms with Gasteiger partial charge in [0.15, 0.2) is 0 Å². The molecule has 5 heteroatoms. The number of hydrogen-bond donors (Lipinski definition) is 0. The third kappa shape index (κ3) is 1.93. The smallest absolute Gasteiger partial charge is 0.275 e. The summed E-state index contributed by atoms with van der Waals surface area (Å²) in [6.07, 6.45) is 3.99. The predicted octanol–water partition coefficient (Wildman–Crippen LogP) is 1.88. The number of carbonyl (C=O) groups is 1. The van der Waals surface area contributed by atoms with Crippen molar-refractivity contribution in [2.75, 3.05) is 13.1 Å². The highest BCUT2D eigenvalue weighted by Gasteiger charge is 2.20. The van der Waals surface area contributed by atoms with Crippen LogP contribution in [-0.2, 0) is 11.3 Å². The van der Waals surface area contributed by atoms with Gasteiger partial charge in [-0.3, -0.25) is 14.2 Å². The molecule has 4 rings (SSSR count). The molecule has 5 nitrogen and oxygen atoms in total. The fourth-order valence-electron chi connectivity index (χ4n) is 3.27. The number of carbonyl (C=O) groups excluding carboxylic acids is 1. The molecule has 3 aromatic rings. The summed E-state index contributed by atoms with van der Waals surface area (Å²) in [6.45, 7) is 1.72. The number of aromatic nitrogens is 2. The van der Waals surface area contributed by atoms with Gasteiger partial charge in [0.1, 0.15) is 12.1 Å². The first-order valence-electron chi connectivity index (χ1n) is 7.62. The van der Waals surface area contributed by atoms with Crippen LogP contribution in [0, 0.1) is 0 Å². The fourth-order valence-corrected chi connectivity index (χ4v) is 3.27. The van der Waals surface area contributed by atoms with Crippen molar-refractivity contribution in [1.82, 2.24) is 13.9 Å². The van der Waals surface area contributed by atoms with Crippen LogP contribution in [0.3, 0.4) is 0 Å². The summed E-state index contributed by atoms with van der Waals surface area (Å²) in [5, 5.41) is 0. The summed E-state index contributed by atoms with van der Waals surface area (Å²) in [4.78, 5) is 27.0. The number of hydrogen-bond acceptors (Lipinski definition) is 2. The molecule has 0 radical (unpaired) electrons. The van der Waals surface area contributed by atoms with Crippen LogP contribution >= 0.6 is 0 Å². The van der Waals surface area contributed by atoms with Gasteiger partial charge in [-0.1, -0.05) is 12.1 Å². The third-order valence-corrected chi connectivity index (χ3v) is 4.40. The number of benzene rings is 1. The minimum Gasteiger partial charge on any atom is -0.341 e. The molecule has 0 atom stereocenters. The maximum absolute atomic E-state index is 12.7. The highest BCUT2D eigenvalue weighted by atomic mass is 16.2. The Labute approximate surface area is 127 Å². The van der Waals surface area contributed by atoms with Crippen LogP contribution in [-0.4, -0.2) is 32.9 Å². The molecule has 112 valence electrons. The Kier molecular flexibility index (Phi) is 2.99. The van der Waals surface area contributed by atoms with E-state index in [1.165, 1.54) is 0 Å². The Morgan fingerprint density at radius 1 is 0.955 bits per heavy atom. The average molecular weight is 295 g/mol. The molecular weight excluding hydrogens is 278 g/mol. The lowest BCUT2D eigenvalue weighted by Gasteiger charge is -2.17. The molecule has 0 N–H and O–H groups in total. The standard InChI is InChI=1S/C17H17N3O2/c21-16(18-9-3-4-10-18)12-20-14-7-2-1-6-13(14)19-11-5-8-15(19)17(20)22/h1-2,5-8,11H,3-4,9-10,12H2. The molecule has 0 aliphatic carbocycles. The fraction of sp³-hybridized carbons (Fsp3) is 0.294. The number of amides is 1. The Morgan fingerprint density at radius 3 is 2.41 bits per heavy atom. The molecule has 1 aliphatic rings. The van der Waals surface area contributed by atoms with Crippen LogP contribution in [0.2, 0.25) is 0 Å². The number of likely N-dealkylation sites (tertiary alicyclic amines) is 1. The van der Waals surface area contributed by atoms with E-state index in [1.54, 1.807) is 10.6 Å². The lowest BCUT2D eigenvalue weighted by atomic mass is 10.2. The summed E-state index contributed by atoms with van der Waals surface area (Å²) in [5.41, 5.74) is 2.23. The van der Waals surface area contributed by atoms with Crippen LogP contribution in [0.1, 0.15) is 12.8 Å². The molecule has 0 bridgehead atoms. The van der Waals surface area contributed by atoms with E-state index in [0.29, 0.717) is 5.52 Å². The van der Waals surface area contributed by atoms with E-state index in [1.807, 2.05) is 45.8 Å². The summed E-state index contributed by atoms with van der Waals surface area (Å²) >= 11 is 0. The third-order valence-electron chi connectivity index (χ3n) is 4.40. The number of rotatable bonds is 2. The number of nitrogens with zero attached hydrogens (tertiary/aromatic N) is 3. The minimum absolute atomic E-state index is 0.0284. The van der Waals surface area contributed by atoms with Crippen molar-refractivity contribution >= 4 is 22.5 Å². The first-order valence-corrected chi connectivity index (χ1v) is 7.62. The number of fused-ring (bicyclic) bond motifs is 3. The molecule has 2 aromatic heterocycles. The number of para-hydroxylation sites is 2. The highest BCUT2D eigenvalue weighted by molar-refractivity contribution is 5.82. The average Bonchev–Trinajstić information content (AvgIpc) is 3.22.